The summed E-state index contributed by atoms with van der Waals surface area (Å²) in [4.78, 5) is 38.2. The van der Waals surface area contributed by atoms with E-state index in [1.165, 1.54) is 238 Å². The zero-order chi connectivity index (χ0) is 56.4. The van der Waals surface area contributed by atoms with Gasteiger partial charge in [-0.3, -0.25) is 14.4 Å². The molecule has 0 amide bonds. The van der Waals surface area contributed by atoms with Crippen LogP contribution in [0.2, 0.25) is 0 Å². The van der Waals surface area contributed by atoms with Gasteiger partial charge in [-0.15, -0.1) is 0 Å². The predicted molar refractivity (Wildman–Crippen MR) is 339 cm³/mol. The van der Waals surface area contributed by atoms with Crippen molar-refractivity contribution in [2.45, 2.75) is 367 Å². The summed E-state index contributed by atoms with van der Waals surface area (Å²) in [5, 5.41) is 0. The molecule has 0 aliphatic rings. The molecule has 0 aromatic heterocycles. The third-order valence-corrected chi connectivity index (χ3v) is 15.2. The number of unbranched alkanes of at least 4 members (excludes halogenated alkanes) is 42. The molecule has 0 saturated carbocycles. The summed E-state index contributed by atoms with van der Waals surface area (Å²) in [6, 6.07) is 0. The Morgan fingerprint density at radius 3 is 0.744 bits per heavy atom. The van der Waals surface area contributed by atoms with E-state index in [1.54, 1.807) is 0 Å². The molecule has 454 valence electrons. The molecule has 0 spiro atoms. The van der Waals surface area contributed by atoms with E-state index in [0.29, 0.717) is 19.3 Å². The van der Waals surface area contributed by atoms with Crippen LogP contribution in [0.5, 0.6) is 0 Å². The van der Waals surface area contributed by atoms with Crippen LogP contribution in [0.3, 0.4) is 0 Å². The van der Waals surface area contributed by atoms with E-state index in [9.17, 15) is 14.4 Å². The average Bonchev–Trinajstić information content (AvgIpc) is 3.44. The van der Waals surface area contributed by atoms with Crippen molar-refractivity contribution in [3.05, 3.63) is 60.8 Å². The number of rotatable bonds is 63. The van der Waals surface area contributed by atoms with Crippen LogP contribution in [0.25, 0.3) is 0 Å². The van der Waals surface area contributed by atoms with Gasteiger partial charge in [0.05, 0.1) is 0 Å². The van der Waals surface area contributed by atoms with Crippen LogP contribution < -0.4 is 0 Å². The van der Waals surface area contributed by atoms with Gasteiger partial charge in [0.25, 0.3) is 0 Å². The van der Waals surface area contributed by atoms with E-state index < -0.39 is 6.10 Å². The van der Waals surface area contributed by atoms with Gasteiger partial charge < -0.3 is 14.2 Å². The number of allylic oxidation sites excluding steroid dienone is 10. The molecule has 1 unspecified atom stereocenters. The van der Waals surface area contributed by atoms with Crippen molar-refractivity contribution in [1.82, 2.24) is 0 Å². The van der Waals surface area contributed by atoms with Crippen LogP contribution in [0.15, 0.2) is 60.8 Å². The second-order valence-corrected chi connectivity index (χ2v) is 23.1. The van der Waals surface area contributed by atoms with Gasteiger partial charge in [0.2, 0.25) is 0 Å². The minimum absolute atomic E-state index is 0.0753. The Labute approximate surface area is 485 Å². The number of carbonyl (C=O) groups is 3. The van der Waals surface area contributed by atoms with Crippen molar-refractivity contribution in [3.63, 3.8) is 0 Å². The van der Waals surface area contributed by atoms with Crippen molar-refractivity contribution >= 4 is 17.9 Å². The largest absolute Gasteiger partial charge is 0.462 e. The van der Waals surface area contributed by atoms with Gasteiger partial charge in [-0.05, 0) is 89.9 Å². The topological polar surface area (TPSA) is 78.9 Å². The zero-order valence-electron chi connectivity index (χ0n) is 52.2. The van der Waals surface area contributed by atoms with Crippen LogP contribution >= 0.6 is 0 Å². The normalized spacial score (nSPS) is 12.4. The third kappa shape index (κ3) is 63.9. The molecule has 0 N–H and O–H groups in total. The van der Waals surface area contributed by atoms with Gasteiger partial charge in [-0.25, -0.2) is 0 Å². The van der Waals surface area contributed by atoms with E-state index in [4.69, 9.17) is 14.2 Å². The lowest BCUT2D eigenvalue weighted by molar-refractivity contribution is -0.167. The highest BCUT2D eigenvalue weighted by molar-refractivity contribution is 5.71. The molecule has 0 aliphatic carbocycles. The van der Waals surface area contributed by atoms with Crippen molar-refractivity contribution < 1.29 is 28.6 Å². The lowest BCUT2D eigenvalue weighted by Crippen LogP contribution is -2.30. The van der Waals surface area contributed by atoms with E-state index in [0.717, 1.165) is 83.5 Å². The summed E-state index contributed by atoms with van der Waals surface area (Å²) in [5.41, 5.74) is 0. The first-order valence-electron chi connectivity index (χ1n) is 34.3. The van der Waals surface area contributed by atoms with Crippen LogP contribution in [0, 0.1) is 0 Å². The fraction of sp³-hybridized carbons (Fsp3) is 0.819. The van der Waals surface area contributed by atoms with Gasteiger partial charge in [0.1, 0.15) is 13.2 Å². The molecule has 0 aromatic carbocycles. The van der Waals surface area contributed by atoms with Crippen LogP contribution in [0.1, 0.15) is 361 Å². The smallest absolute Gasteiger partial charge is 0.306 e. The van der Waals surface area contributed by atoms with Crippen molar-refractivity contribution in [2.24, 2.45) is 0 Å². The molecule has 0 fully saturated rings. The average molecular weight is 1090 g/mol. The maximum Gasteiger partial charge on any atom is 0.306 e. The van der Waals surface area contributed by atoms with Crippen LogP contribution in [0.4, 0.5) is 0 Å². The van der Waals surface area contributed by atoms with Crippen LogP contribution in [-0.2, 0) is 28.6 Å². The quantitative estimate of drug-likeness (QED) is 0.0261. The van der Waals surface area contributed by atoms with E-state index in [-0.39, 0.29) is 31.1 Å². The van der Waals surface area contributed by atoms with E-state index >= 15 is 0 Å². The van der Waals surface area contributed by atoms with Crippen molar-refractivity contribution in [1.29, 1.82) is 0 Å². The molecule has 0 rings (SSSR count). The number of ether oxygens (including phenoxy) is 3. The molecule has 0 radical (unpaired) electrons. The Kier molecular flexibility index (Phi) is 64.2. The number of esters is 3. The molecule has 6 nitrogen and oxygen atoms in total. The van der Waals surface area contributed by atoms with Gasteiger partial charge >= 0.3 is 17.9 Å². The summed E-state index contributed by atoms with van der Waals surface area (Å²) in [7, 11) is 0. The predicted octanol–water partition coefficient (Wildman–Crippen LogP) is 23.5. The summed E-state index contributed by atoms with van der Waals surface area (Å²) in [6.45, 7) is 6.61. The van der Waals surface area contributed by atoms with Crippen molar-refractivity contribution in [2.75, 3.05) is 13.2 Å². The maximum absolute atomic E-state index is 12.9. The molecular formula is C72H130O6. The minimum atomic E-state index is -0.777. The van der Waals surface area contributed by atoms with Crippen LogP contribution in [-0.4, -0.2) is 37.2 Å². The summed E-state index contributed by atoms with van der Waals surface area (Å²) in [5.74, 6) is -0.874. The molecule has 78 heavy (non-hydrogen) atoms. The Morgan fingerprint density at radius 2 is 0.462 bits per heavy atom. The Hall–Kier alpha value is -2.89. The molecule has 6 heteroatoms. The highest BCUT2D eigenvalue weighted by Gasteiger charge is 2.19. The minimum Gasteiger partial charge on any atom is -0.462 e. The van der Waals surface area contributed by atoms with E-state index in [2.05, 4.69) is 81.5 Å². The highest BCUT2D eigenvalue weighted by atomic mass is 16.6. The van der Waals surface area contributed by atoms with Gasteiger partial charge in [0.15, 0.2) is 6.10 Å². The molecular weight excluding hydrogens is 961 g/mol. The summed E-state index contributed by atoms with van der Waals surface area (Å²) >= 11 is 0. The summed E-state index contributed by atoms with van der Waals surface area (Å²) in [6.07, 6.45) is 85.6. The fourth-order valence-electron chi connectivity index (χ4n) is 10.1. The first-order valence-corrected chi connectivity index (χ1v) is 34.3. The molecule has 0 heterocycles. The Morgan fingerprint density at radius 1 is 0.256 bits per heavy atom. The van der Waals surface area contributed by atoms with Gasteiger partial charge in [-0.2, -0.15) is 0 Å². The number of carbonyl (C=O) groups excluding carboxylic acids is 3. The molecule has 0 aliphatic heterocycles. The molecule has 1 atom stereocenters. The number of hydrogen-bond acceptors (Lipinski definition) is 6. The first-order chi connectivity index (χ1) is 38.5. The lowest BCUT2D eigenvalue weighted by Gasteiger charge is -2.18. The monoisotopic (exact) mass is 1090 g/mol. The van der Waals surface area contributed by atoms with Gasteiger partial charge in [-0.1, -0.05) is 313 Å². The second-order valence-electron chi connectivity index (χ2n) is 23.1. The Bertz CT molecular complexity index is 1390. The van der Waals surface area contributed by atoms with Gasteiger partial charge in [0, 0.05) is 19.3 Å². The third-order valence-electron chi connectivity index (χ3n) is 15.2. The Balaban J connectivity index is 4.04. The first kappa shape index (κ1) is 75.1. The SMILES string of the molecule is CCCCC/C=C\C/C=C\C/C=C\CCCCCCCCC(=O)OC(COC(=O)CCCCCCCCCC)COC(=O)CCCCCCCCCCCCCCCCCCCCCCC/C=C\C/C=C\CCCCCCC. The lowest BCUT2D eigenvalue weighted by atomic mass is 10.0. The molecule has 0 aromatic rings. The highest BCUT2D eigenvalue weighted by Crippen LogP contribution is 2.18. The standard InChI is InChI=1S/C72H130O6/c1-4-7-10-13-16-19-21-23-25-27-29-30-31-32-33-34-35-36-37-38-39-40-41-42-44-45-47-49-51-53-56-59-62-65-71(74)77-68-69(67-76-70(73)64-61-58-55-18-15-12-9-6-3)78-72(75)66-63-60-57-54-52-50-48-46-43-28-26-24-22-20-17-14-11-8-5-2/h17,20-21,23-24,26-27,29,43,46,69H,4-16,18-19,22,25,28,30-42,44-45,47-68H2,1-3H3/b20-17-,23-21-,26-24-,29-27-,46-43-. The van der Waals surface area contributed by atoms with E-state index in [1.807, 2.05) is 0 Å². The van der Waals surface area contributed by atoms with Crippen molar-refractivity contribution in [3.8, 4) is 0 Å². The number of hydrogen-bond donors (Lipinski definition) is 0. The summed E-state index contributed by atoms with van der Waals surface area (Å²) < 4.78 is 16.9. The second kappa shape index (κ2) is 66.6. The zero-order valence-corrected chi connectivity index (χ0v) is 52.2. The fourth-order valence-corrected chi connectivity index (χ4v) is 10.1. The maximum atomic E-state index is 12.9. The molecule has 0 bridgehead atoms. The molecule has 0 saturated heterocycles.